The van der Waals surface area contributed by atoms with Crippen LogP contribution in [0.25, 0.3) is 0 Å². The molecule has 0 aliphatic carbocycles. The van der Waals surface area contributed by atoms with Crippen molar-refractivity contribution in [1.29, 1.82) is 0 Å². The minimum atomic E-state index is -0.141. The highest BCUT2D eigenvalue weighted by atomic mass is 16.5. The molecule has 3 N–H and O–H groups in total. The highest BCUT2D eigenvalue weighted by molar-refractivity contribution is 5.95. The summed E-state index contributed by atoms with van der Waals surface area (Å²) in [6.45, 7) is 2.75. The number of fused-ring (bicyclic) bond motifs is 1. The van der Waals surface area contributed by atoms with E-state index in [0.717, 1.165) is 5.56 Å². The first-order valence-electron chi connectivity index (χ1n) is 7.06. The van der Waals surface area contributed by atoms with Crippen molar-refractivity contribution in [3.8, 4) is 5.75 Å². The van der Waals surface area contributed by atoms with Crippen molar-refractivity contribution in [2.75, 3.05) is 32.2 Å². The van der Waals surface area contributed by atoms with Crippen LogP contribution in [0.2, 0.25) is 0 Å². The summed E-state index contributed by atoms with van der Waals surface area (Å²) in [4.78, 5) is 11.4. The first kappa shape index (κ1) is 15.8. The molecule has 0 aromatic heterocycles. The summed E-state index contributed by atoms with van der Waals surface area (Å²) in [7, 11) is 1.64. The van der Waals surface area contributed by atoms with Crippen LogP contribution in [-0.2, 0) is 9.53 Å². The summed E-state index contributed by atoms with van der Waals surface area (Å²) in [5, 5.41) is 15.3. The molecule has 6 nitrogen and oxygen atoms in total. The SMILES string of the molecule is COCC(CCO)NC(C)c1ccc2c(c1)NC(=O)CO2. The second-order valence-electron chi connectivity index (χ2n) is 5.15. The lowest BCUT2D eigenvalue weighted by Gasteiger charge is -2.24. The molecule has 21 heavy (non-hydrogen) atoms. The van der Waals surface area contributed by atoms with Gasteiger partial charge in [-0.25, -0.2) is 0 Å². The number of rotatable bonds is 7. The van der Waals surface area contributed by atoms with E-state index in [2.05, 4.69) is 10.6 Å². The summed E-state index contributed by atoms with van der Waals surface area (Å²) in [5.41, 5.74) is 1.74. The molecule has 0 bridgehead atoms. The molecule has 2 atom stereocenters. The molecule has 116 valence electrons. The highest BCUT2D eigenvalue weighted by Gasteiger charge is 2.18. The fourth-order valence-electron chi connectivity index (χ4n) is 2.39. The molecule has 1 aliphatic heterocycles. The van der Waals surface area contributed by atoms with Gasteiger partial charge in [0.25, 0.3) is 5.91 Å². The van der Waals surface area contributed by atoms with Crippen LogP contribution in [0, 0.1) is 0 Å². The zero-order valence-electron chi connectivity index (χ0n) is 12.4. The number of aliphatic hydroxyl groups excluding tert-OH is 1. The number of nitrogens with one attached hydrogen (secondary N) is 2. The first-order valence-corrected chi connectivity index (χ1v) is 7.06. The largest absolute Gasteiger partial charge is 0.482 e. The molecule has 2 rings (SSSR count). The molecule has 0 saturated heterocycles. The predicted octanol–water partition coefficient (Wildman–Crippen LogP) is 1.07. The Morgan fingerprint density at radius 2 is 2.33 bits per heavy atom. The maximum Gasteiger partial charge on any atom is 0.262 e. The van der Waals surface area contributed by atoms with Gasteiger partial charge in [-0.15, -0.1) is 0 Å². The third kappa shape index (κ3) is 4.17. The number of carbonyl (C=O) groups excluding carboxylic acids is 1. The van der Waals surface area contributed by atoms with Gasteiger partial charge < -0.3 is 25.2 Å². The van der Waals surface area contributed by atoms with Crippen LogP contribution in [0.15, 0.2) is 18.2 Å². The number of hydrogen-bond donors (Lipinski definition) is 3. The van der Waals surface area contributed by atoms with Gasteiger partial charge in [0.2, 0.25) is 0 Å². The Hall–Kier alpha value is -1.63. The van der Waals surface area contributed by atoms with Crippen LogP contribution in [0.4, 0.5) is 5.69 Å². The zero-order valence-corrected chi connectivity index (χ0v) is 12.4. The maximum atomic E-state index is 11.4. The average molecular weight is 294 g/mol. The Morgan fingerprint density at radius 1 is 1.52 bits per heavy atom. The minimum absolute atomic E-state index is 0.0621. The van der Waals surface area contributed by atoms with Gasteiger partial charge in [0.05, 0.1) is 12.3 Å². The van der Waals surface area contributed by atoms with E-state index in [1.54, 1.807) is 7.11 Å². The van der Waals surface area contributed by atoms with Crippen LogP contribution in [-0.4, -0.2) is 44.0 Å². The monoisotopic (exact) mass is 294 g/mol. The van der Waals surface area contributed by atoms with E-state index in [-0.39, 0.29) is 31.2 Å². The van der Waals surface area contributed by atoms with E-state index >= 15 is 0 Å². The number of amides is 1. The Kier molecular flexibility index (Phi) is 5.55. The third-order valence-electron chi connectivity index (χ3n) is 3.47. The van der Waals surface area contributed by atoms with Crippen molar-refractivity contribution in [2.24, 2.45) is 0 Å². The van der Waals surface area contributed by atoms with E-state index in [0.29, 0.717) is 24.5 Å². The molecule has 0 saturated carbocycles. The second kappa shape index (κ2) is 7.40. The van der Waals surface area contributed by atoms with Gasteiger partial charge in [0.15, 0.2) is 6.61 Å². The maximum absolute atomic E-state index is 11.4. The van der Waals surface area contributed by atoms with Gasteiger partial charge in [-0.05, 0) is 31.0 Å². The third-order valence-corrected chi connectivity index (χ3v) is 3.47. The number of ether oxygens (including phenoxy) is 2. The lowest BCUT2D eigenvalue weighted by molar-refractivity contribution is -0.118. The lowest BCUT2D eigenvalue weighted by Crippen LogP contribution is -2.36. The Morgan fingerprint density at radius 3 is 3.05 bits per heavy atom. The Labute approximate surface area is 124 Å². The van der Waals surface area contributed by atoms with Crippen LogP contribution in [0.3, 0.4) is 0 Å². The fraction of sp³-hybridized carbons (Fsp3) is 0.533. The molecular weight excluding hydrogens is 272 g/mol. The Bertz CT molecular complexity index is 487. The van der Waals surface area contributed by atoms with Gasteiger partial charge in [0.1, 0.15) is 5.75 Å². The Balaban J connectivity index is 2.06. The topological polar surface area (TPSA) is 79.8 Å². The van der Waals surface area contributed by atoms with Crippen molar-refractivity contribution >= 4 is 11.6 Å². The molecular formula is C15H22N2O4. The molecule has 0 fully saturated rings. The van der Waals surface area contributed by atoms with Crippen LogP contribution in [0.5, 0.6) is 5.75 Å². The molecule has 1 aromatic carbocycles. The summed E-state index contributed by atoms with van der Waals surface area (Å²) in [6.07, 6.45) is 0.628. The van der Waals surface area contributed by atoms with Crippen molar-refractivity contribution in [3.05, 3.63) is 23.8 Å². The van der Waals surface area contributed by atoms with Crippen molar-refractivity contribution in [1.82, 2.24) is 5.32 Å². The fourth-order valence-corrected chi connectivity index (χ4v) is 2.39. The molecule has 1 amide bonds. The summed E-state index contributed by atoms with van der Waals surface area (Å²) in [6, 6.07) is 5.89. The van der Waals surface area contributed by atoms with Crippen molar-refractivity contribution in [2.45, 2.75) is 25.4 Å². The van der Waals surface area contributed by atoms with E-state index in [1.807, 2.05) is 25.1 Å². The van der Waals surface area contributed by atoms with Gasteiger partial charge in [-0.1, -0.05) is 6.07 Å². The van der Waals surface area contributed by atoms with Gasteiger partial charge in [-0.3, -0.25) is 4.79 Å². The van der Waals surface area contributed by atoms with Gasteiger partial charge >= 0.3 is 0 Å². The predicted molar refractivity (Wildman–Crippen MR) is 79.5 cm³/mol. The van der Waals surface area contributed by atoms with Crippen LogP contribution < -0.4 is 15.4 Å². The number of aliphatic hydroxyl groups is 1. The lowest BCUT2D eigenvalue weighted by atomic mass is 10.0. The molecule has 2 unspecified atom stereocenters. The van der Waals surface area contributed by atoms with E-state index in [9.17, 15) is 4.79 Å². The van der Waals surface area contributed by atoms with Crippen molar-refractivity contribution < 1.29 is 19.4 Å². The summed E-state index contributed by atoms with van der Waals surface area (Å²) < 4.78 is 10.5. The smallest absolute Gasteiger partial charge is 0.262 e. The number of hydrogen-bond acceptors (Lipinski definition) is 5. The molecule has 0 radical (unpaired) electrons. The van der Waals surface area contributed by atoms with Crippen molar-refractivity contribution in [3.63, 3.8) is 0 Å². The molecule has 0 spiro atoms. The molecule has 1 heterocycles. The molecule has 1 aromatic rings. The highest BCUT2D eigenvalue weighted by Crippen LogP contribution is 2.30. The first-order chi connectivity index (χ1) is 10.1. The quantitative estimate of drug-likeness (QED) is 0.701. The summed E-state index contributed by atoms with van der Waals surface area (Å²) in [5.74, 6) is 0.548. The number of anilines is 1. The van der Waals surface area contributed by atoms with E-state index < -0.39 is 0 Å². The normalized spacial score (nSPS) is 16.6. The minimum Gasteiger partial charge on any atom is -0.482 e. The second-order valence-corrected chi connectivity index (χ2v) is 5.15. The van der Waals surface area contributed by atoms with Gasteiger partial charge in [0, 0.05) is 25.8 Å². The van der Waals surface area contributed by atoms with E-state index in [4.69, 9.17) is 14.6 Å². The number of benzene rings is 1. The number of carbonyl (C=O) groups is 1. The van der Waals surface area contributed by atoms with Crippen LogP contribution in [0.1, 0.15) is 24.9 Å². The zero-order chi connectivity index (χ0) is 15.2. The molecule has 6 heteroatoms. The average Bonchev–Trinajstić information content (AvgIpc) is 2.47. The standard InChI is InChI=1S/C15H22N2O4/c1-10(16-12(5-6-18)8-20-2)11-3-4-14-13(7-11)17-15(19)9-21-14/h3-4,7,10,12,16,18H,5-6,8-9H2,1-2H3,(H,17,19). The number of methoxy groups -OCH3 is 1. The van der Waals surface area contributed by atoms with Gasteiger partial charge in [-0.2, -0.15) is 0 Å². The summed E-state index contributed by atoms with van der Waals surface area (Å²) >= 11 is 0. The van der Waals surface area contributed by atoms with Crippen LogP contribution >= 0.6 is 0 Å². The van der Waals surface area contributed by atoms with E-state index in [1.165, 1.54) is 0 Å². The molecule has 1 aliphatic rings.